The molecule has 152 valence electrons. The Morgan fingerprint density at radius 3 is 2.57 bits per heavy atom. The Morgan fingerprint density at radius 2 is 1.93 bits per heavy atom. The van der Waals surface area contributed by atoms with E-state index in [1.165, 1.54) is 17.0 Å². The summed E-state index contributed by atoms with van der Waals surface area (Å²) in [5, 5.41) is 3.87. The lowest BCUT2D eigenvalue weighted by Gasteiger charge is -2.34. The number of ketones is 1. The molecule has 5 nitrogen and oxygen atoms in total. The van der Waals surface area contributed by atoms with E-state index >= 15 is 0 Å². The van der Waals surface area contributed by atoms with E-state index in [1.807, 2.05) is 0 Å². The number of hydrogen-bond acceptors (Lipinski definition) is 3. The molecule has 1 aromatic carbocycles. The number of piperazine rings is 1. The first-order valence-electron chi connectivity index (χ1n) is 10.00. The number of quaternary nitrogens is 1. The molecule has 0 spiro atoms. The maximum Gasteiger partial charge on any atom is 0.173 e. The fourth-order valence-corrected chi connectivity index (χ4v) is 4.30. The fraction of sp³-hybridized carbons (Fsp3) is 0.571. The summed E-state index contributed by atoms with van der Waals surface area (Å²) in [5.41, 5.74) is 1.94. The van der Waals surface area contributed by atoms with Crippen molar-refractivity contribution < 1.29 is 14.1 Å². The van der Waals surface area contributed by atoms with Gasteiger partial charge in [0.25, 0.3) is 0 Å². The van der Waals surface area contributed by atoms with Gasteiger partial charge < -0.3 is 15.1 Å². The number of benzene rings is 1. The van der Waals surface area contributed by atoms with E-state index in [0.29, 0.717) is 23.7 Å². The molecule has 0 unspecified atom stereocenters. The number of thiocarbonyl (C=S) groups is 1. The molecular weight excluding hydrogens is 375 g/mol. The number of aliphatic imine (C=N–C) groups is 1. The number of anilines is 1. The van der Waals surface area contributed by atoms with Crippen molar-refractivity contribution in [3.63, 3.8) is 0 Å². The lowest BCUT2D eigenvalue weighted by Crippen LogP contribution is -3.15. The molecular formula is C21H30FN4OS+. The van der Waals surface area contributed by atoms with Gasteiger partial charge in [0.1, 0.15) is 11.6 Å². The molecule has 1 saturated heterocycles. The molecule has 2 N–H and O–H groups in total. The molecule has 1 saturated carbocycles. The van der Waals surface area contributed by atoms with E-state index in [1.54, 1.807) is 12.1 Å². The minimum Gasteiger partial charge on any atom is -0.338 e. The number of halogens is 1. The van der Waals surface area contributed by atoms with Crippen molar-refractivity contribution in [1.82, 2.24) is 4.90 Å². The molecule has 28 heavy (non-hydrogen) atoms. The summed E-state index contributed by atoms with van der Waals surface area (Å²) in [6, 6.07) is 6.24. The van der Waals surface area contributed by atoms with E-state index in [9.17, 15) is 9.18 Å². The third-order valence-electron chi connectivity index (χ3n) is 5.41. The Bertz CT molecular complexity index is 739. The van der Waals surface area contributed by atoms with Crippen LogP contribution in [0.25, 0.3) is 0 Å². The first-order chi connectivity index (χ1) is 13.3. The number of nitrogens with zero attached hydrogens (tertiary/aromatic N) is 2. The highest BCUT2D eigenvalue weighted by atomic mass is 32.1. The van der Waals surface area contributed by atoms with Crippen LogP contribution >= 0.6 is 12.2 Å². The largest absolute Gasteiger partial charge is 0.338 e. The molecule has 2 fully saturated rings. The maximum atomic E-state index is 13.0. The van der Waals surface area contributed by atoms with Crippen LogP contribution in [0.4, 0.5) is 10.1 Å². The van der Waals surface area contributed by atoms with Crippen molar-refractivity contribution in [3.05, 3.63) is 30.1 Å². The number of Topliss-reactive ketones (excluding diaryl/α,β-unsaturated/α-hetero) is 1. The molecule has 1 aliphatic heterocycles. The summed E-state index contributed by atoms with van der Waals surface area (Å²) in [4.78, 5) is 20.3. The number of carbonyl (C=O) groups excluding carboxylic acids is 1. The van der Waals surface area contributed by atoms with E-state index in [0.717, 1.165) is 57.1 Å². The van der Waals surface area contributed by atoms with E-state index in [4.69, 9.17) is 17.2 Å². The third-order valence-corrected chi connectivity index (χ3v) is 5.77. The van der Waals surface area contributed by atoms with Gasteiger partial charge in [-0.05, 0) is 48.3 Å². The van der Waals surface area contributed by atoms with Crippen LogP contribution in [0.15, 0.2) is 29.3 Å². The minimum absolute atomic E-state index is 0.0554. The van der Waals surface area contributed by atoms with Crippen LogP contribution in [0.3, 0.4) is 0 Å². The lowest BCUT2D eigenvalue weighted by atomic mass is 9.76. The minimum atomic E-state index is -0.251. The van der Waals surface area contributed by atoms with Gasteiger partial charge in [0.2, 0.25) is 0 Å². The van der Waals surface area contributed by atoms with Crippen molar-refractivity contribution in [2.24, 2.45) is 10.4 Å². The zero-order valence-corrected chi connectivity index (χ0v) is 17.6. The second-order valence-electron chi connectivity index (χ2n) is 8.61. The Morgan fingerprint density at radius 1 is 1.25 bits per heavy atom. The molecule has 1 heterocycles. The zero-order valence-electron chi connectivity index (χ0n) is 16.8. The van der Waals surface area contributed by atoms with Crippen molar-refractivity contribution in [3.8, 4) is 0 Å². The Labute approximate surface area is 172 Å². The van der Waals surface area contributed by atoms with E-state index in [2.05, 4.69) is 24.1 Å². The quantitative estimate of drug-likeness (QED) is 0.752. The van der Waals surface area contributed by atoms with Crippen LogP contribution in [0, 0.1) is 11.2 Å². The molecule has 0 amide bonds. The molecule has 0 bridgehead atoms. The average molecular weight is 406 g/mol. The van der Waals surface area contributed by atoms with Crippen molar-refractivity contribution in [1.29, 1.82) is 0 Å². The molecule has 7 heteroatoms. The van der Waals surface area contributed by atoms with Gasteiger partial charge in [0.15, 0.2) is 5.11 Å². The number of hydrogen-bond donors (Lipinski definition) is 2. The Balaban J connectivity index is 1.40. The highest BCUT2D eigenvalue weighted by Crippen LogP contribution is 2.31. The molecule has 2 aliphatic rings. The summed E-state index contributed by atoms with van der Waals surface area (Å²) in [6.45, 7) is 9.88. The predicted octanol–water partition coefficient (Wildman–Crippen LogP) is 1.94. The first kappa shape index (κ1) is 20.9. The summed E-state index contributed by atoms with van der Waals surface area (Å²) < 4.78 is 13.0. The lowest BCUT2D eigenvalue weighted by molar-refractivity contribution is -0.902. The van der Waals surface area contributed by atoms with Crippen molar-refractivity contribution in [2.75, 3.05) is 44.6 Å². The summed E-state index contributed by atoms with van der Waals surface area (Å²) >= 11 is 5.49. The van der Waals surface area contributed by atoms with Crippen LogP contribution in [-0.4, -0.2) is 60.8 Å². The Hall–Kier alpha value is -1.86. The Kier molecular flexibility index (Phi) is 6.78. The highest BCUT2D eigenvalue weighted by molar-refractivity contribution is 7.80. The van der Waals surface area contributed by atoms with Crippen molar-refractivity contribution in [2.45, 2.75) is 33.1 Å². The van der Waals surface area contributed by atoms with Crippen molar-refractivity contribution >= 4 is 34.5 Å². The van der Waals surface area contributed by atoms with Gasteiger partial charge >= 0.3 is 0 Å². The highest BCUT2D eigenvalue weighted by Gasteiger charge is 2.30. The summed E-state index contributed by atoms with van der Waals surface area (Å²) in [5.74, 6) is 0.0662. The van der Waals surface area contributed by atoms with Gasteiger partial charge in [-0.25, -0.2) is 4.39 Å². The maximum absolute atomic E-state index is 13.0. The fourth-order valence-electron chi connectivity index (χ4n) is 4.00. The van der Waals surface area contributed by atoms with E-state index < -0.39 is 0 Å². The topological polar surface area (TPSA) is 49.1 Å². The third kappa shape index (κ3) is 6.07. The van der Waals surface area contributed by atoms with Gasteiger partial charge in [0.05, 0.1) is 39.3 Å². The van der Waals surface area contributed by atoms with Crippen LogP contribution < -0.4 is 10.2 Å². The van der Waals surface area contributed by atoms with Gasteiger partial charge in [0, 0.05) is 24.2 Å². The van der Waals surface area contributed by atoms with Gasteiger partial charge in [-0.3, -0.25) is 9.79 Å². The van der Waals surface area contributed by atoms with Crippen LogP contribution in [-0.2, 0) is 4.79 Å². The zero-order chi connectivity index (χ0) is 20.1. The molecule has 0 aromatic heterocycles. The van der Waals surface area contributed by atoms with E-state index in [-0.39, 0.29) is 11.2 Å². The standard InChI is InChI=1S/C21H29FN4OS/c1-21(2)14-18(13-19(27)15-21)23-7-8-25-9-11-26(12-10-25)20(28)24-17-5-3-16(22)4-6-17/h3-6H,7-15H2,1-2H3,(H,24,28)/p+1. The molecule has 3 rings (SSSR count). The number of rotatable bonds is 4. The second kappa shape index (κ2) is 9.09. The normalized spacial score (nSPS) is 21.8. The monoisotopic (exact) mass is 405 g/mol. The SMILES string of the molecule is CC1(C)CC(=O)CC(=NCC[NH+]2CCN(C(=S)Nc3ccc(F)cc3)CC2)C1. The van der Waals surface area contributed by atoms with Crippen LogP contribution in [0.2, 0.25) is 0 Å². The molecule has 1 aliphatic carbocycles. The molecule has 1 aromatic rings. The van der Waals surface area contributed by atoms with Gasteiger partial charge in [-0.1, -0.05) is 13.8 Å². The molecule has 0 atom stereocenters. The van der Waals surface area contributed by atoms with Crippen LogP contribution in [0.5, 0.6) is 0 Å². The molecule has 0 radical (unpaired) electrons. The second-order valence-corrected chi connectivity index (χ2v) is 8.99. The average Bonchev–Trinajstić information content (AvgIpc) is 2.62. The van der Waals surface area contributed by atoms with Gasteiger partial charge in [-0.2, -0.15) is 0 Å². The first-order valence-corrected chi connectivity index (χ1v) is 10.4. The summed E-state index contributed by atoms with van der Waals surface area (Å²) in [6.07, 6.45) is 2.14. The number of carbonyl (C=O) groups is 1. The van der Waals surface area contributed by atoms with Gasteiger partial charge in [-0.15, -0.1) is 0 Å². The summed E-state index contributed by atoms with van der Waals surface area (Å²) in [7, 11) is 0. The van der Waals surface area contributed by atoms with Crippen LogP contribution in [0.1, 0.15) is 33.1 Å². The smallest absolute Gasteiger partial charge is 0.173 e. The predicted molar refractivity (Wildman–Crippen MR) is 115 cm³/mol. The number of nitrogens with one attached hydrogen (secondary N) is 2.